The Hall–Kier alpha value is -0.930. The summed E-state index contributed by atoms with van der Waals surface area (Å²) >= 11 is 0. The van der Waals surface area contributed by atoms with E-state index in [-0.39, 0.29) is 0 Å². The third-order valence-electron chi connectivity index (χ3n) is 2.39. The molecule has 3 heteroatoms. The minimum absolute atomic E-state index is 0.573. The maximum absolute atomic E-state index is 5.68. The third kappa shape index (κ3) is 1.65. The van der Waals surface area contributed by atoms with Crippen LogP contribution in [-0.2, 0) is 15.3 Å². The second-order valence-corrected chi connectivity index (χ2v) is 3.41. The summed E-state index contributed by atoms with van der Waals surface area (Å²) in [6.45, 7) is 3.45. The number of pyridine rings is 1. The zero-order valence-electron chi connectivity index (χ0n) is 8.40. The lowest BCUT2D eigenvalue weighted by Gasteiger charge is -2.25. The van der Waals surface area contributed by atoms with Gasteiger partial charge in [-0.15, -0.1) is 0 Å². The summed E-state index contributed by atoms with van der Waals surface area (Å²) in [7, 11) is 0. The molecular formula is C11H15NO2. The van der Waals surface area contributed by atoms with Crippen molar-refractivity contribution >= 4 is 0 Å². The molecule has 0 radical (unpaired) electrons. The molecule has 14 heavy (non-hydrogen) atoms. The Morgan fingerprint density at radius 1 is 1.36 bits per heavy atom. The molecule has 0 aromatic carbocycles. The lowest BCUT2D eigenvalue weighted by Crippen LogP contribution is -2.27. The molecule has 3 nitrogen and oxygen atoms in total. The first-order chi connectivity index (χ1) is 6.87. The van der Waals surface area contributed by atoms with Gasteiger partial charge in [-0.1, -0.05) is 19.4 Å². The van der Waals surface area contributed by atoms with E-state index >= 15 is 0 Å². The normalized spacial score (nSPS) is 19.8. The topological polar surface area (TPSA) is 31.4 Å². The van der Waals surface area contributed by atoms with Gasteiger partial charge in [-0.25, -0.2) is 0 Å². The first kappa shape index (κ1) is 9.62. The summed E-state index contributed by atoms with van der Waals surface area (Å²) in [5, 5.41) is 0. The van der Waals surface area contributed by atoms with Gasteiger partial charge in [0.2, 0.25) is 5.79 Å². The summed E-state index contributed by atoms with van der Waals surface area (Å²) in [6.07, 6.45) is 3.67. The van der Waals surface area contributed by atoms with Crippen molar-refractivity contribution in [2.24, 2.45) is 0 Å². The minimum atomic E-state index is -0.573. The molecule has 0 unspecified atom stereocenters. The third-order valence-corrected chi connectivity index (χ3v) is 2.39. The number of rotatable bonds is 3. The number of aromatic nitrogens is 1. The van der Waals surface area contributed by atoms with Crippen LogP contribution in [0.2, 0.25) is 0 Å². The SMILES string of the molecule is CCCC1(c2ccccn2)OCCO1. The van der Waals surface area contributed by atoms with Gasteiger partial charge in [0.15, 0.2) is 0 Å². The summed E-state index contributed by atoms with van der Waals surface area (Å²) in [6, 6.07) is 5.82. The highest BCUT2D eigenvalue weighted by Gasteiger charge is 2.38. The molecule has 0 bridgehead atoms. The first-order valence-electron chi connectivity index (χ1n) is 5.07. The number of hydrogen-bond acceptors (Lipinski definition) is 3. The molecular weight excluding hydrogens is 178 g/mol. The molecule has 0 saturated carbocycles. The van der Waals surface area contributed by atoms with Crippen LogP contribution in [0.25, 0.3) is 0 Å². The fourth-order valence-corrected chi connectivity index (χ4v) is 1.79. The number of ether oxygens (including phenoxy) is 2. The Balaban J connectivity index is 2.27. The van der Waals surface area contributed by atoms with Crippen molar-refractivity contribution in [3.8, 4) is 0 Å². The van der Waals surface area contributed by atoms with Crippen molar-refractivity contribution in [3.05, 3.63) is 30.1 Å². The fraction of sp³-hybridized carbons (Fsp3) is 0.545. The highest BCUT2D eigenvalue weighted by atomic mass is 16.7. The molecule has 1 fully saturated rings. The molecule has 0 atom stereocenters. The van der Waals surface area contributed by atoms with E-state index in [1.54, 1.807) is 6.20 Å². The summed E-state index contributed by atoms with van der Waals surface area (Å²) in [5.74, 6) is -0.573. The standard InChI is InChI=1S/C11H15NO2/c1-2-6-11(13-8-9-14-11)10-5-3-4-7-12-10/h3-5,7H,2,6,8-9H2,1H3. The average molecular weight is 193 g/mol. The molecule has 0 N–H and O–H groups in total. The van der Waals surface area contributed by atoms with Crippen LogP contribution in [0.4, 0.5) is 0 Å². The smallest absolute Gasteiger partial charge is 0.212 e. The molecule has 1 aliphatic rings. The van der Waals surface area contributed by atoms with E-state index in [9.17, 15) is 0 Å². The predicted molar refractivity (Wildman–Crippen MR) is 52.7 cm³/mol. The van der Waals surface area contributed by atoms with E-state index in [1.165, 1.54) is 0 Å². The van der Waals surface area contributed by atoms with Gasteiger partial charge < -0.3 is 9.47 Å². The number of hydrogen-bond donors (Lipinski definition) is 0. The zero-order chi connectivity index (χ0) is 9.86. The van der Waals surface area contributed by atoms with Crippen molar-refractivity contribution in [1.29, 1.82) is 0 Å². The van der Waals surface area contributed by atoms with Crippen LogP contribution < -0.4 is 0 Å². The average Bonchev–Trinajstić information content (AvgIpc) is 2.70. The highest BCUT2D eigenvalue weighted by Crippen LogP contribution is 2.34. The van der Waals surface area contributed by atoms with Gasteiger partial charge in [0.1, 0.15) is 0 Å². The van der Waals surface area contributed by atoms with Crippen molar-refractivity contribution in [1.82, 2.24) is 4.98 Å². The van der Waals surface area contributed by atoms with E-state index in [1.807, 2.05) is 18.2 Å². The summed E-state index contributed by atoms with van der Waals surface area (Å²) < 4.78 is 11.4. The van der Waals surface area contributed by atoms with Crippen LogP contribution in [0, 0.1) is 0 Å². The molecule has 2 heterocycles. The maximum Gasteiger partial charge on any atom is 0.212 e. The summed E-state index contributed by atoms with van der Waals surface area (Å²) in [4.78, 5) is 4.30. The van der Waals surface area contributed by atoms with E-state index < -0.39 is 5.79 Å². The van der Waals surface area contributed by atoms with Crippen molar-refractivity contribution in [2.45, 2.75) is 25.6 Å². The molecule has 76 valence electrons. The van der Waals surface area contributed by atoms with E-state index in [4.69, 9.17) is 9.47 Å². The van der Waals surface area contributed by atoms with Crippen molar-refractivity contribution < 1.29 is 9.47 Å². The second-order valence-electron chi connectivity index (χ2n) is 3.41. The lowest BCUT2D eigenvalue weighted by molar-refractivity contribution is -0.173. The molecule has 2 rings (SSSR count). The van der Waals surface area contributed by atoms with Gasteiger partial charge in [0, 0.05) is 12.6 Å². The Morgan fingerprint density at radius 3 is 2.71 bits per heavy atom. The Kier molecular flexibility index (Phi) is 2.79. The van der Waals surface area contributed by atoms with E-state index in [0.717, 1.165) is 18.5 Å². The number of nitrogens with zero attached hydrogens (tertiary/aromatic N) is 1. The van der Waals surface area contributed by atoms with Gasteiger partial charge in [0.05, 0.1) is 18.9 Å². The maximum atomic E-state index is 5.68. The van der Waals surface area contributed by atoms with E-state index in [2.05, 4.69) is 11.9 Å². The molecule has 0 spiro atoms. The van der Waals surface area contributed by atoms with Gasteiger partial charge in [-0.2, -0.15) is 0 Å². The van der Waals surface area contributed by atoms with E-state index in [0.29, 0.717) is 13.2 Å². The second kappa shape index (κ2) is 4.07. The Morgan fingerprint density at radius 2 is 2.14 bits per heavy atom. The summed E-state index contributed by atoms with van der Waals surface area (Å²) in [5.41, 5.74) is 0.888. The molecule has 1 aliphatic heterocycles. The van der Waals surface area contributed by atoms with Crippen LogP contribution in [0.5, 0.6) is 0 Å². The van der Waals surface area contributed by atoms with Crippen LogP contribution in [0.15, 0.2) is 24.4 Å². The Bertz CT molecular complexity index is 281. The monoisotopic (exact) mass is 193 g/mol. The van der Waals surface area contributed by atoms with Crippen molar-refractivity contribution in [2.75, 3.05) is 13.2 Å². The van der Waals surface area contributed by atoms with Crippen LogP contribution in [0.3, 0.4) is 0 Å². The lowest BCUT2D eigenvalue weighted by atomic mass is 10.1. The van der Waals surface area contributed by atoms with Gasteiger partial charge in [0.25, 0.3) is 0 Å². The van der Waals surface area contributed by atoms with Gasteiger partial charge in [-0.05, 0) is 12.1 Å². The molecule has 0 aliphatic carbocycles. The molecule has 0 amide bonds. The van der Waals surface area contributed by atoms with Gasteiger partial charge in [-0.3, -0.25) is 4.98 Å². The first-order valence-corrected chi connectivity index (χ1v) is 5.07. The molecule has 1 aromatic heterocycles. The minimum Gasteiger partial charge on any atom is -0.342 e. The Labute approximate surface area is 84.1 Å². The van der Waals surface area contributed by atoms with Crippen LogP contribution >= 0.6 is 0 Å². The van der Waals surface area contributed by atoms with Gasteiger partial charge >= 0.3 is 0 Å². The van der Waals surface area contributed by atoms with Crippen LogP contribution in [-0.4, -0.2) is 18.2 Å². The van der Waals surface area contributed by atoms with Crippen LogP contribution in [0.1, 0.15) is 25.5 Å². The molecule has 1 saturated heterocycles. The highest BCUT2D eigenvalue weighted by molar-refractivity contribution is 5.11. The zero-order valence-corrected chi connectivity index (χ0v) is 8.40. The van der Waals surface area contributed by atoms with Crippen molar-refractivity contribution in [3.63, 3.8) is 0 Å². The largest absolute Gasteiger partial charge is 0.342 e. The molecule has 1 aromatic rings. The fourth-order valence-electron chi connectivity index (χ4n) is 1.79. The quantitative estimate of drug-likeness (QED) is 0.736. The predicted octanol–water partition coefficient (Wildman–Crippen LogP) is 2.08.